The van der Waals surface area contributed by atoms with E-state index in [0.29, 0.717) is 5.52 Å². The molecule has 0 aliphatic heterocycles. The number of carboxylic acid groups (broad SMARTS) is 1. The minimum atomic E-state index is -1.01. The lowest BCUT2D eigenvalue weighted by molar-refractivity contribution is 0.0691. The van der Waals surface area contributed by atoms with Gasteiger partial charge in [-0.25, -0.2) is 9.78 Å². The van der Waals surface area contributed by atoms with E-state index in [1.54, 1.807) is 6.07 Å². The van der Waals surface area contributed by atoms with E-state index in [0.717, 1.165) is 22.6 Å². The molecular formula is C15H18N2O2S. The summed E-state index contributed by atoms with van der Waals surface area (Å²) >= 11 is 1.86. The maximum atomic E-state index is 11.2. The van der Waals surface area contributed by atoms with E-state index in [1.807, 2.05) is 36.0 Å². The van der Waals surface area contributed by atoms with Gasteiger partial charge in [0.15, 0.2) is 5.69 Å². The second-order valence-electron chi connectivity index (χ2n) is 4.58. The number of pyridine rings is 1. The summed E-state index contributed by atoms with van der Waals surface area (Å²) in [7, 11) is 0. The van der Waals surface area contributed by atoms with Crippen molar-refractivity contribution < 1.29 is 9.90 Å². The molecule has 0 radical (unpaired) electrons. The van der Waals surface area contributed by atoms with Crippen molar-refractivity contribution in [2.45, 2.75) is 19.9 Å². The Morgan fingerprint density at radius 1 is 1.45 bits per heavy atom. The zero-order valence-electron chi connectivity index (χ0n) is 11.6. The third-order valence-electron chi connectivity index (χ3n) is 2.91. The number of thioether (sulfide) groups is 1. The van der Waals surface area contributed by atoms with Gasteiger partial charge in [0.1, 0.15) is 0 Å². The first-order valence-electron chi connectivity index (χ1n) is 6.59. The van der Waals surface area contributed by atoms with Gasteiger partial charge in [0.05, 0.1) is 5.52 Å². The van der Waals surface area contributed by atoms with Crippen molar-refractivity contribution in [1.29, 1.82) is 0 Å². The monoisotopic (exact) mass is 290 g/mol. The first-order valence-corrected chi connectivity index (χ1v) is 7.74. The Balaban J connectivity index is 2.37. The number of carboxylic acids is 1. The number of hydrogen-bond acceptors (Lipinski definition) is 4. The smallest absolute Gasteiger partial charge is 0.354 e. The highest BCUT2D eigenvalue weighted by atomic mass is 32.2. The molecule has 0 aliphatic carbocycles. The van der Waals surface area contributed by atoms with Crippen LogP contribution in [0.5, 0.6) is 0 Å². The summed E-state index contributed by atoms with van der Waals surface area (Å²) in [5, 5.41) is 13.5. The average molecular weight is 290 g/mol. The van der Waals surface area contributed by atoms with Crippen molar-refractivity contribution in [2.75, 3.05) is 16.8 Å². The van der Waals surface area contributed by atoms with Crippen LogP contribution in [0.2, 0.25) is 0 Å². The molecule has 1 aromatic heterocycles. The first kappa shape index (κ1) is 14.7. The normalized spacial score (nSPS) is 12.3. The predicted molar refractivity (Wildman–Crippen MR) is 84.8 cm³/mol. The Morgan fingerprint density at radius 2 is 2.20 bits per heavy atom. The second kappa shape index (κ2) is 6.61. The lowest BCUT2D eigenvalue weighted by Crippen LogP contribution is -2.19. The first-order chi connectivity index (χ1) is 9.61. The van der Waals surface area contributed by atoms with Gasteiger partial charge in [-0.05, 0) is 24.8 Å². The zero-order valence-corrected chi connectivity index (χ0v) is 12.4. The topological polar surface area (TPSA) is 62.2 Å². The Bertz CT molecular complexity index is 616. The van der Waals surface area contributed by atoms with E-state index in [4.69, 9.17) is 5.11 Å². The van der Waals surface area contributed by atoms with Crippen LogP contribution in [0.15, 0.2) is 30.3 Å². The van der Waals surface area contributed by atoms with Gasteiger partial charge in [-0.2, -0.15) is 11.8 Å². The summed E-state index contributed by atoms with van der Waals surface area (Å²) in [5.74, 6) is 1.05. The molecule has 2 aromatic rings. The number of anilines is 1. The molecule has 0 bridgehead atoms. The van der Waals surface area contributed by atoms with E-state index in [9.17, 15) is 4.79 Å². The molecule has 2 N–H and O–H groups in total. The number of para-hydroxylation sites is 1. The van der Waals surface area contributed by atoms with Gasteiger partial charge in [0.2, 0.25) is 0 Å². The van der Waals surface area contributed by atoms with Crippen LogP contribution >= 0.6 is 11.8 Å². The van der Waals surface area contributed by atoms with Crippen LogP contribution in [0.4, 0.5) is 5.69 Å². The zero-order chi connectivity index (χ0) is 14.5. The quantitative estimate of drug-likeness (QED) is 0.852. The number of benzene rings is 1. The van der Waals surface area contributed by atoms with E-state index < -0.39 is 5.97 Å². The molecule has 0 spiro atoms. The van der Waals surface area contributed by atoms with Crippen LogP contribution in [0.25, 0.3) is 10.9 Å². The molecule has 0 aliphatic rings. The van der Waals surface area contributed by atoms with Crippen LogP contribution in [0.1, 0.15) is 24.3 Å². The van der Waals surface area contributed by atoms with Crippen molar-refractivity contribution in [3.05, 3.63) is 36.0 Å². The molecule has 1 heterocycles. The summed E-state index contributed by atoms with van der Waals surface area (Å²) in [5.41, 5.74) is 1.60. The molecule has 20 heavy (non-hydrogen) atoms. The van der Waals surface area contributed by atoms with Crippen LogP contribution in [0, 0.1) is 0 Å². The fraction of sp³-hybridized carbons (Fsp3) is 0.333. The number of carbonyl (C=O) groups is 1. The van der Waals surface area contributed by atoms with Crippen LogP contribution in [-0.2, 0) is 0 Å². The number of fused-ring (bicyclic) bond motifs is 1. The number of rotatable bonds is 6. The SMILES string of the molecule is CCSCC(C)Nc1cc(C(=O)O)nc2ccccc12. The highest BCUT2D eigenvalue weighted by molar-refractivity contribution is 7.99. The molecular weight excluding hydrogens is 272 g/mol. The molecule has 4 nitrogen and oxygen atoms in total. The average Bonchev–Trinajstić information content (AvgIpc) is 2.44. The number of hydrogen-bond donors (Lipinski definition) is 2. The third-order valence-corrected chi connectivity index (χ3v) is 4.05. The summed E-state index contributed by atoms with van der Waals surface area (Å²) in [4.78, 5) is 15.3. The fourth-order valence-corrected chi connectivity index (χ4v) is 2.68. The molecule has 5 heteroatoms. The molecule has 1 unspecified atom stereocenters. The maximum Gasteiger partial charge on any atom is 0.354 e. The van der Waals surface area contributed by atoms with Gasteiger partial charge < -0.3 is 10.4 Å². The van der Waals surface area contributed by atoms with Crippen molar-refractivity contribution in [3.8, 4) is 0 Å². The van der Waals surface area contributed by atoms with Crippen molar-refractivity contribution in [2.24, 2.45) is 0 Å². The minimum Gasteiger partial charge on any atom is -0.477 e. The number of nitrogens with zero attached hydrogens (tertiary/aromatic N) is 1. The van der Waals surface area contributed by atoms with Gasteiger partial charge >= 0.3 is 5.97 Å². The highest BCUT2D eigenvalue weighted by Gasteiger charge is 2.12. The lowest BCUT2D eigenvalue weighted by Gasteiger charge is -2.16. The van der Waals surface area contributed by atoms with E-state index in [-0.39, 0.29) is 11.7 Å². The molecule has 0 saturated heterocycles. The molecule has 0 fully saturated rings. The standard InChI is InChI=1S/C15H18N2O2S/c1-3-20-9-10(2)16-13-8-14(15(18)19)17-12-7-5-4-6-11(12)13/h4-8,10H,3,9H2,1-2H3,(H,16,17)(H,18,19). The molecule has 1 aromatic carbocycles. The Kier molecular flexibility index (Phi) is 4.84. The van der Waals surface area contributed by atoms with Gasteiger partial charge in [0.25, 0.3) is 0 Å². The van der Waals surface area contributed by atoms with Crippen molar-refractivity contribution in [3.63, 3.8) is 0 Å². The fourth-order valence-electron chi connectivity index (χ4n) is 2.01. The van der Waals surface area contributed by atoms with Gasteiger partial charge in [-0.1, -0.05) is 25.1 Å². The maximum absolute atomic E-state index is 11.2. The van der Waals surface area contributed by atoms with Crippen molar-refractivity contribution in [1.82, 2.24) is 4.98 Å². The van der Waals surface area contributed by atoms with E-state index in [2.05, 4.69) is 24.1 Å². The number of nitrogens with one attached hydrogen (secondary N) is 1. The van der Waals surface area contributed by atoms with Crippen LogP contribution < -0.4 is 5.32 Å². The summed E-state index contributed by atoms with van der Waals surface area (Å²) in [6.07, 6.45) is 0. The van der Waals surface area contributed by atoms with Crippen LogP contribution in [-0.4, -0.2) is 33.6 Å². The third kappa shape index (κ3) is 3.42. The van der Waals surface area contributed by atoms with Crippen molar-refractivity contribution >= 4 is 34.3 Å². The summed E-state index contributed by atoms with van der Waals surface area (Å²) < 4.78 is 0. The van der Waals surface area contributed by atoms with E-state index in [1.165, 1.54) is 0 Å². The minimum absolute atomic E-state index is 0.0709. The second-order valence-corrected chi connectivity index (χ2v) is 5.90. The van der Waals surface area contributed by atoms with Gasteiger partial charge in [0, 0.05) is 22.9 Å². The molecule has 106 valence electrons. The largest absolute Gasteiger partial charge is 0.477 e. The van der Waals surface area contributed by atoms with Gasteiger partial charge in [-0.3, -0.25) is 0 Å². The van der Waals surface area contributed by atoms with Gasteiger partial charge in [-0.15, -0.1) is 0 Å². The Hall–Kier alpha value is -1.75. The number of aromatic nitrogens is 1. The summed E-state index contributed by atoms with van der Waals surface area (Å²) in [6, 6.07) is 9.46. The highest BCUT2D eigenvalue weighted by Crippen LogP contribution is 2.24. The molecule has 0 saturated carbocycles. The Morgan fingerprint density at radius 3 is 2.90 bits per heavy atom. The van der Waals surface area contributed by atoms with E-state index >= 15 is 0 Å². The Labute approximate surface area is 122 Å². The van der Waals surface area contributed by atoms with Crippen LogP contribution in [0.3, 0.4) is 0 Å². The predicted octanol–water partition coefficient (Wildman–Crippen LogP) is 3.49. The molecule has 1 atom stereocenters. The molecule has 2 rings (SSSR count). The number of aromatic carboxylic acids is 1. The lowest BCUT2D eigenvalue weighted by atomic mass is 10.1. The molecule has 0 amide bonds. The summed E-state index contributed by atoms with van der Waals surface area (Å²) in [6.45, 7) is 4.22.